The number of hydrogen-bond donors (Lipinski definition) is 1. The third-order valence-electron chi connectivity index (χ3n) is 5.40. The molecule has 0 bridgehead atoms. The zero-order chi connectivity index (χ0) is 14.9. The smallest absolute Gasteiger partial charge is 0.119 e. The minimum Gasteiger partial charge on any atom is -0.508 e. The summed E-state index contributed by atoms with van der Waals surface area (Å²) in [6.07, 6.45) is 5.95. The SMILES string of the molecule is Oc1cccc2c1CC[C@H]1[C@H]2CCCN1CCc1cccs1. The van der Waals surface area contributed by atoms with E-state index >= 15 is 0 Å². The first-order chi connectivity index (χ1) is 10.8. The monoisotopic (exact) mass is 313 g/mol. The zero-order valence-electron chi connectivity index (χ0n) is 12.9. The van der Waals surface area contributed by atoms with E-state index in [1.807, 2.05) is 23.5 Å². The average Bonchev–Trinajstić information content (AvgIpc) is 3.06. The van der Waals surface area contributed by atoms with Crippen LogP contribution in [-0.4, -0.2) is 29.1 Å². The first-order valence-corrected chi connectivity index (χ1v) is 9.28. The molecule has 2 aliphatic rings. The Bertz CT molecular complexity index is 637. The summed E-state index contributed by atoms with van der Waals surface area (Å²) in [6, 6.07) is 11.2. The fourth-order valence-corrected chi connectivity index (χ4v) is 5.06. The molecule has 0 unspecified atom stereocenters. The van der Waals surface area contributed by atoms with Crippen LogP contribution in [0.15, 0.2) is 35.7 Å². The molecule has 0 radical (unpaired) electrons. The lowest BCUT2D eigenvalue weighted by molar-refractivity contribution is 0.113. The standard InChI is InChI=1S/C19H23NOS/c21-19-7-1-5-15-16-6-2-11-20(18(16)9-8-17(15)19)12-10-14-4-3-13-22-14/h1,3-5,7,13,16,18,21H,2,6,8-12H2/t16-,18-/m0/s1. The molecule has 1 fully saturated rings. The zero-order valence-corrected chi connectivity index (χ0v) is 13.7. The fourth-order valence-electron chi connectivity index (χ4n) is 4.36. The number of aromatic hydroxyl groups is 1. The van der Waals surface area contributed by atoms with Gasteiger partial charge in [0.2, 0.25) is 0 Å². The van der Waals surface area contributed by atoms with Crippen molar-refractivity contribution >= 4 is 11.3 Å². The molecule has 3 heteroatoms. The fraction of sp³-hybridized carbons (Fsp3) is 0.474. The van der Waals surface area contributed by atoms with Crippen molar-refractivity contribution < 1.29 is 5.11 Å². The van der Waals surface area contributed by atoms with Gasteiger partial charge in [0.25, 0.3) is 0 Å². The van der Waals surface area contributed by atoms with Crippen LogP contribution in [0.2, 0.25) is 0 Å². The Morgan fingerprint density at radius 3 is 3.00 bits per heavy atom. The lowest BCUT2D eigenvalue weighted by atomic mass is 9.74. The molecule has 1 saturated heterocycles. The second-order valence-corrected chi connectivity index (χ2v) is 7.60. The van der Waals surface area contributed by atoms with Crippen LogP contribution in [0.5, 0.6) is 5.75 Å². The number of rotatable bonds is 3. The van der Waals surface area contributed by atoms with Gasteiger partial charge in [0.1, 0.15) is 5.75 Å². The molecular weight excluding hydrogens is 290 g/mol. The number of benzene rings is 1. The number of thiophene rings is 1. The van der Waals surface area contributed by atoms with Crippen LogP contribution < -0.4 is 0 Å². The van der Waals surface area contributed by atoms with Crippen LogP contribution in [0, 0.1) is 0 Å². The topological polar surface area (TPSA) is 23.5 Å². The third kappa shape index (κ3) is 2.57. The highest BCUT2D eigenvalue weighted by atomic mass is 32.1. The van der Waals surface area contributed by atoms with Crippen molar-refractivity contribution in [3.63, 3.8) is 0 Å². The molecule has 0 saturated carbocycles. The minimum absolute atomic E-state index is 0.506. The Labute approximate surface area is 136 Å². The highest BCUT2D eigenvalue weighted by Crippen LogP contribution is 2.43. The predicted molar refractivity (Wildman–Crippen MR) is 91.8 cm³/mol. The number of nitrogens with zero attached hydrogens (tertiary/aromatic N) is 1. The normalized spacial score (nSPS) is 24.7. The molecule has 116 valence electrons. The Kier molecular flexibility index (Phi) is 3.93. The van der Waals surface area contributed by atoms with Crippen molar-refractivity contribution in [1.82, 2.24) is 4.90 Å². The van der Waals surface area contributed by atoms with Crippen molar-refractivity contribution in [2.24, 2.45) is 0 Å². The molecule has 2 atom stereocenters. The van der Waals surface area contributed by atoms with Crippen molar-refractivity contribution in [3.8, 4) is 5.75 Å². The average molecular weight is 313 g/mol. The van der Waals surface area contributed by atoms with E-state index in [1.54, 1.807) is 0 Å². The highest BCUT2D eigenvalue weighted by Gasteiger charge is 2.36. The number of piperidine rings is 1. The Morgan fingerprint density at radius 1 is 1.18 bits per heavy atom. The predicted octanol–water partition coefficient (Wildman–Crippen LogP) is 4.19. The van der Waals surface area contributed by atoms with Gasteiger partial charge in [-0.05, 0) is 73.2 Å². The second-order valence-electron chi connectivity index (χ2n) is 6.56. The van der Waals surface area contributed by atoms with Crippen LogP contribution in [0.25, 0.3) is 0 Å². The Morgan fingerprint density at radius 2 is 2.14 bits per heavy atom. The molecule has 22 heavy (non-hydrogen) atoms. The molecule has 0 amide bonds. The summed E-state index contributed by atoms with van der Waals surface area (Å²) < 4.78 is 0. The maximum atomic E-state index is 10.1. The van der Waals surface area contributed by atoms with Crippen LogP contribution in [0.3, 0.4) is 0 Å². The maximum absolute atomic E-state index is 10.1. The molecule has 1 aliphatic heterocycles. The molecule has 2 nitrogen and oxygen atoms in total. The van der Waals surface area contributed by atoms with Crippen molar-refractivity contribution in [2.75, 3.05) is 13.1 Å². The Hall–Kier alpha value is -1.32. The molecule has 1 N–H and O–H groups in total. The van der Waals surface area contributed by atoms with Crippen LogP contribution in [0.1, 0.15) is 41.2 Å². The molecule has 4 rings (SSSR count). The van der Waals surface area contributed by atoms with Crippen LogP contribution in [0.4, 0.5) is 0 Å². The van der Waals surface area contributed by atoms with Crippen molar-refractivity contribution in [1.29, 1.82) is 0 Å². The van der Waals surface area contributed by atoms with E-state index in [1.165, 1.54) is 54.8 Å². The molecular formula is C19H23NOS. The number of hydrogen-bond acceptors (Lipinski definition) is 3. The van der Waals surface area contributed by atoms with Gasteiger partial charge in [0.05, 0.1) is 0 Å². The van der Waals surface area contributed by atoms with Crippen molar-refractivity contribution in [3.05, 3.63) is 51.7 Å². The van der Waals surface area contributed by atoms with E-state index in [0.29, 0.717) is 17.7 Å². The number of phenols is 1. The summed E-state index contributed by atoms with van der Waals surface area (Å²) in [6.45, 7) is 2.41. The van der Waals surface area contributed by atoms with Gasteiger partial charge in [0.15, 0.2) is 0 Å². The first-order valence-electron chi connectivity index (χ1n) is 8.40. The molecule has 2 heterocycles. The van der Waals surface area contributed by atoms with Crippen LogP contribution in [-0.2, 0) is 12.8 Å². The van der Waals surface area contributed by atoms with E-state index < -0.39 is 0 Å². The van der Waals surface area contributed by atoms with Gasteiger partial charge in [0, 0.05) is 17.5 Å². The van der Waals surface area contributed by atoms with E-state index in [-0.39, 0.29) is 0 Å². The van der Waals surface area contributed by atoms with Gasteiger partial charge in [-0.25, -0.2) is 0 Å². The van der Waals surface area contributed by atoms with E-state index in [2.05, 4.69) is 28.5 Å². The number of phenolic OH excluding ortho intramolecular Hbond substituents is 1. The van der Waals surface area contributed by atoms with Crippen LogP contribution >= 0.6 is 11.3 Å². The van der Waals surface area contributed by atoms with Gasteiger partial charge in [-0.3, -0.25) is 4.90 Å². The summed E-state index contributed by atoms with van der Waals surface area (Å²) in [5.41, 5.74) is 2.63. The molecule has 2 aromatic rings. The highest BCUT2D eigenvalue weighted by molar-refractivity contribution is 7.09. The third-order valence-corrected chi connectivity index (χ3v) is 6.33. The van der Waals surface area contributed by atoms with Gasteiger partial charge >= 0.3 is 0 Å². The lowest BCUT2D eigenvalue weighted by Crippen LogP contribution is -2.47. The summed E-state index contributed by atoms with van der Waals surface area (Å²) in [5.74, 6) is 1.12. The summed E-state index contributed by atoms with van der Waals surface area (Å²) >= 11 is 1.87. The van der Waals surface area contributed by atoms with Crippen molar-refractivity contribution in [2.45, 2.75) is 44.1 Å². The van der Waals surface area contributed by atoms with Gasteiger partial charge in [-0.1, -0.05) is 18.2 Å². The quantitative estimate of drug-likeness (QED) is 0.918. The summed E-state index contributed by atoms with van der Waals surface area (Å²) in [5, 5.41) is 12.3. The molecule has 0 spiro atoms. The minimum atomic E-state index is 0.506. The molecule has 1 aromatic carbocycles. The number of fused-ring (bicyclic) bond motifs is 3. The second kappa shape index (κ2) is 6.05. The van der Waals surface area contributed by atoms with E-state index in [4.69, 9.17) is 0 Å². The van der Waals surface area contributed by atoms with Gasteiger partial charge < -0.3 is 5.11 Å². The summed E-state index contributed by atoms with van der Waals surface area (Å²) in [4.78, 5) is 4.21. The lowest BCUT2D eigenvalue weighted by Gasteiger charge is -2.45. The maximum Gasteiger partial charge on any atom is 0.119 e. The van der Waals surface area contributed by atoms with E-state index in [9.17, 15) is 5.11 Å². The van der Waals surface area contributed by atoms with Gasteiger partial charge in [-0.2, -0.15) is 0 Å². The molecule has 1 aliphatic carbocycles. The first kappa shape index (κ1) is 14.3. The number of likely N-dealkylation sites (tertiary alicyclic amines) is 1. The largest absolute Gasteiger partial charge is 0.508 e. The van der Waals surface area contributed by atoms with Gasteiger partial charge in [-0.15, -0.1) is 11.3 Å². The van der Waals surface area contributed by atoms with E-state index in [0.717, 1.165) is 6.42 Å². The molecule has 1 aromatic heterocycles. The summed E-state index contributed by atoms with van der Waals surface area (Å²) in [7, 11) is 0. The Balaban J connectivity index is 1.53.